The minimum Gasteiger partial charge on any atom is -0.382 e. The number of rotatable bonds is 5. The smallest absolute Gasteiger partial charge is 0.324 e. The maximum Gasteiger partial charge on any atom is 0.324 e. The third-order valence-electron chi connectivity index (χ3n) is 5.40. The van der Waals surface area contributed by atoms with Gasteiger partial charge in [-0.25, -0.2) is 19.3 Å². The number of carbonyl (C=O) groups excluding carboxylic acids is 2. The van der Waals surface area contributed by atoms with Crippen LogP contribution >= 0.6 is 0 Å². The topological polar surface area (TPSA) is 127 Å². The molecular formula is C23H21N7O2. The van der Waals surface area contributed by atoms with Gasteiger partial charge in [-0.3, -0.25) is 10.1 Å². The third-order valence-corrected chi connectivity index (χ3v) is 5.40. The molecule has 0 radical (unpaired) electrons. The molecule has 9 heteroatoms. The van der Waals surface area contributed by atoms with Crippen LogP contribution in [0.1, 0.15) is 28.8 Å². The molecule has 1 aliphatic carbocycles. The number of amides is 2. The van der Waals surface area contributed by atoms with Gasteiger partial charge in [-0.1, -0.05) is 12.1 Å². The van der Waals surface area contributed by atoms with E-state index in [1.165, 1.54) is 6.33 Å². The number of ketones is 1. The molecule has 4 aromatic rings. The van der Waals surface area contributed by atoms with Crippen molar-refractivity contribution >= 4 is 34.7 Å². The molecular weight excluding hydrogens is 406 g/mol. The second kappa shape index (κ2) is 7.77. The van der Waals surface area contributed by atoms with Crippen molar-refractivity contribution in [2.24, 2.45) is 5.92 Å². The Morgan fingerprint density at radius 1 is 1.09 bits per heavy atom. The van der Waals surface area contributed by atoms with Gasteiger partial charge in [0.1, 0.15) is 17.7 Å². The fourth-order valence-electron chi connectivity index (χ4n) is 3.68. The quantitative estimate of drug-likeness (QED) is 0.414. The van der Waals surface area contributed by atoms with Gasteiger partial charge in [0.05, 0.1) is 0 Å². The summed E-state index contributed by atoms with van der Waals surface area (Å²) in [4.78, 5) is 33.4. The van der Waals surface area contributed by atoms with Crippen LogP contribution in [0.2, 0.25) is 0 Å². The number of carbonyl (C=O) groups is 2. The fourth-order valence-corrected chi connectivity index (χ4v) is 3.68. The van der Waals surface area contributed by atoms with Crippen LogP contribution in [0.3, 0.4) is 0 Å². The molecule has 5 rings (SSSR count). The van der Waals surface area contributed by atoms with Crippen molar-refractivity contribution in [3.05, 3.63) is 66.2 Å². The molecule has 3 heterocycles. The van der Waals surface area contributed by atoms with Crippen molar-refractivity contribution < 1.29 is 9.59 Å². The summed E-state index contributed by atoms with van der Waals surface area (Å²) >= 11 is 0. The van der Waals surface area contributed by atoms with E-state index in [1.54, 1.807) is 35.1 Å². The summed E-state index contributed by atoms with van der Waals surface area (Å²) in [6.45, 7) is 1.93. The van der Waals surface area contributed by atoms with Crippen LogP contribution in [-0.2, 0) is 0 Å². The summed E-state index contributed by atoms with van der Waals surface area (Å²) in [6, 6.07) is 10.5. The molecule has 4 N–H and O–H groups in total. The summed E-state index contributed by atoms with van der Waals surface area (Å²) in [5.41, 5.74) is 10.4. The van der Waals surface area contributed by atoms with Gasteiger partial charge in [0.2, 0.25) is 0 Å². The number of benzene rings is 1. The molecule has 3 aromatic heterocycles. The van der Waals surface area contributed by atoms with Gasteiger partial charge in [-0.05, 0) is 55.2 Å². The standard InChI is InChI=1S/C23H21N7O2/c1-13-8-9-25-18(10-13)29-23(32)28-16-6-4-14(5-7-16)19-17(21(31)15-2-3-15)11-30-20(19)22(24)26-12-27-30/h4-12,15H,2-3H2,1H3,(H2,24,26,27)(H2,25,28,29,32). The molecule has 9 nitrogen and oxygen atoms in total. The minimum atomic E-state index is -0.396. The zero-order valence-electron chi connectivity index (χ0n) is 17.4. The van der Waals surface area contributed by atoms with Crippen LogP contribution in [-0.4, -0.2) is 31.4 Å². The highest BCUT2D eigenvalue weighted by molar-refractivity contribution is 6.10. The largest absolute Gasteiger partial charge is 0.382 e. The summed E-state index contributed by atoms with van der Waals surface area (Å²) in [6.07, 6.45) is 6.53. The van der Waals surface area contributed by atoms with E-state index in [1.807, 2.05) is 25.1 Å². The number of fused-ring (bicyclic) bond motifs is 1. The third kappa shape index (κ3) is 3.76. The van der Waals surface area contributed by atoms with Crippen molar-refractivity contribution in [3.63, 3.8) is 0 Å². The van der Waals surface area contributed by atoms with E-state index in [0.29, 0.717) is 34.0 Å². The van der Waals surface area contributed by atoms with Gasteiger partial charge in [-0.2, -0.15) is 5.10 Å². The first-order valence-corrected chi connectivity index (χ1v) is 10.3. The number of nitrogens with zero attached hydrogens (tertiary/aromatic N) is 4. The average molecular weight is 427 g/mol. The number of nitrogens with one attached hydrogen (secondary N) is 2. The van der Waals surface area contributed by atoms with Gasteiger partial charge in [-0.15, -0.1) is 0 Å². The predicted molar refractivity (Wildman–Crippen MR) is 122 cm³/mol. The Morgan fingerprint density at radius 2 is 1.88 bits per heavy atom. The normalized spacial score (nSPS) is 13.2. The number of Topliss-reactive ketones (excluding diaryl/α,β-unsaturated/α-hetero) is 1. The Kier molecular flexibility index (Phi) is 4.78. The molecule has 0 spiro atoms. The number of urea groups is 1. The van der Waals surface area contributed by atoms with Gasteiger partial charge in [0.25, 0.3) is 0 Å². The van der Waals surface area contributed by atoms with E-state index in [9.17, 15) is 9.59 Å². The maximum atomic E-state index is 12.9. The fraction of sp³-hybridized carbons (Fsp3) is 0.174. The minimum absolute atomic E-state index is 0.0558. The Bertz CT molecular complexity index is 1340. The summed E-state index contributed by atoms with van der Waals surface area (Å²) in [7, 11) is 0. The molecule has 0 saturated heterocycles. The number of hydrogen-bond donors (Lipinski definition) is 3. The monoisotopic (exact) mass is 427 g/mol. The lowest BCUT2D eigenvalue weighted by Gasteiger charge is -2.09. The van der Waals surface area contributed by atoms with E-state index < -0.39 is 6.03 Å². The van der Waals surface area contributed by atoms with Crippen LogP contribution < -0.4 is 16.4 Å². The van der Waals surface area contributed by atoms with Gasteiger partial charge in [0, 0.05) is 35.1 Å². The second-order valence-electron chi connectivity index (χ2n) is 7.87. The second-order valence-corrected chi connectivity index (χ2v) is 7.87. The first-order chi connectivity index (χ1) is 15.5. The van der Waals surface area contributed by atoms with Crippen molar-refractivity contribution in [1.29, 1.82) is 0 Å². The number of nitrogens with two attached hydrogens (primary N) is 1. The number of hydrogen-bond acceptors (Lipinski definition) is 6. The Morgan fingerprint density at radius 3 is 2.59 bits per heavy atom. The van der Waals surface area contributed by atoms with E-state index in [-0.39, 0.29) is 11.7 Å². The molecule has 1 saturated carbocycles. The highest BCUT2D eigenvalue weighted by atomic mass is 16.2. The Hall–Kier alpha value is -4.27. The highest BCUT2D eigenvalue weighted by Gasteiger charge is 2.33. The van der Waals surface area contributed by atoms with E-state index in [0.717, 1.165) is 24.0 Å². The molecule has 1 aliphatic rings. The molecule has 2 amide bonds. The maximum absolute atomic E-state index is 12.9. The number of anilines is 3. The first kappa shape index (κ1) is 19.7. The first-order valence-electron chi connectivity index (χ1n) is 10.3. The molecule has 160 valence electrons. The molecule has 0 aliphatic heterocycles. The highest BCUT2D eigenvalue weighted by Crippen LogP contribution is 2.39. The van der Waals surface area contributed by atoms with E-state index in [4.69, 9.17) is 5.73 Å². The number of pyridine rings is 1. The van der Waals surface area contributed by atoms with Crippen LogP contribution in [0.25, 0.3) is 16.6 Å². The SMILES string of the molecule is Cc1ccnc(NC(=O)Nc2ccc(-c3c(C(=O)C4CC4)cn4ncnc(N)c34)cc2)c1. The predicted octanol–water partition coefficient (Wildman–Crippen LogP) is 3.92. The molecule has 0 unspecified atom stereocenters. The van der Waals surface area contributed by atoms with Crippen LogP contribution in [0.5, 0.6) is 0 Å². The van der Waals surface area contributed by atoms with Crippen LogP contribution in [0.15, 0.2) is 55.1 Å². The van der Waals surface area contributed by atoms with Crippen molar-refractivity contribution in [2.75, 3.05) is 16.4 Å². The number of aryl methyl sites for hydroxylation is 1. The van der Waals surface area contributed by atoms with Crippen molar-refractivity contribution in [2.45, 2.75) is 19.8 Å². The molecule has 1 fully saturated rings. The summed E-state index contributed by atoms with van der Waals surface area (Å²) < 4.78 is 1.60. The molecule has 32 heavy (non-hydrogen) atoms. The number of nitrogen functional groups attached to an aromatic ring is 1. The van der Waals surface area contributed by atoms with Crippen molar-refractivity contribution in [1.82, 2.24) is 19.6 Å². The van der Waals surface area contributed by atoms with Gasteiger partial charge < -0.3 is 11.1 Å². The zero-order chi connectivity index (χ0) is 22.2. The number of aromatic nitrogens is 4. The average Bonchev–Trinajstić information content (AvgIpc) is 3.54. The van der Waals surface area contributed by atoms with Gasteiger partial charge in [0.15, 0.2) is 11.6 Å². The van der Waals surface area contributed by atoms with Crippen molar-refractivity contribution in [3.8, 4) is 11.1 Å². The lowest BCUT2D eigenvalue weighted by molar-refractivity contribution is 0.0968. The summed E-state index contributed by atoms with van der Waals surface area (Å²) in [5.74, 6) is 0.924. The lowest BCUT2D eigenvalue weighted by atomic mass is 9.98. The van der Waals surface area contributed by atoms with E-state index in [2.05, 4.69) is 25.7 Å². The lowest BCUT2D eigenvalue weighted by Crippen LogP contribution is -2.20. The Labute approximate surface area is 183 Å². The molecule has 0 bridgehead atoms. The molecule has 0 atom stereocenters. The Balaban J connectivity index is 1.43. The zero-order valence-corrected chi connectivity index (χ0v) is 17.4. The van der Waals surface area contributed by atoms with Crippen LogP contribution in [0.4, 0.5) is 22.1 Å². The molecule has 1 aromatic carbocycles. The van der Waals surface area contributed by atoms with Crippen LogP contribution in [0, 0.1) is 12.8 Å². The van der Waals surface area contributed by atoms with E-state index >= 15 is 0 Å². The van der Waals surface area contributed by atoms with Gasteiger partial charge >= 0.3 is 6.03 Å². The summed E-state index contributed by atoms with van der Waals surface area (Å²) in [5, 5.41) is 9.71.